The highest BCUT2D eigenvalue weighted by Gasteiger charge is 2.85. The van der Waals surface area contributed by atoms with E-state index in [1.807, 2.05) is 0 Å². The van der Waals surface area contributed by atoms with E-state index >= 15 is 0 Å². The van der Waals surface area contributed by atoms with Crippen LogP contribution in [-0.4, -0.2) is 104 Å². The van der Waals surface area contributed by atoms with Gasteiger partial charge in [0.25, 0.3) is 0 Å². The van der Waals surface area contributed by atoms with Gasteiger partial charge in [0, 0.05) is 6.04 Å². The molecule has 5 rings (SSSR count). The number of aromatic nitrogens is 4. The molecule has 2 aliphatic carbocycles. The Bertz CT molecular complexity index is 1350. The molecule has 1 saturated heterocycles. The minimum absolute atomic E-state index is 0.0273. The molecule has 2 aromatic rings. The van der Waals surface area contributed by atoms with Crippen LogP contribution in [0.2, 0.25) is 0 Å². The second-order valence-corrected chi connectivity index (χ2v) is 12.2. The Morgan fingerprint density at radius 2 is 1.83 bits per heavy atom. The van der Waals surface area contributed by atoms with E-state index in [2.05, 4.69) is 30.4 Å². The van der Waals surface area contributed by atoms with Gasteiger partial charge in [-0.2, -0.15) is 9.97 Å². The lowest BCUT2D eigenvalue weighted by Crippen LogP contribution is -2.41. The Labute approximate surface area is 235 Å². The molecule has 7 N–H and O–H groups in total. The van der Waals surface area contributed by atoms with E-state index in [0.29, 0.717) is 23.0 Å². The monoisotopic (exact) mass is 598 g/mol. The van der Waals surface area contributed by atoms with Gasteiger partial charge in [-0.15, -0.1) is 0 Å². The summed E-state index contributed by atoms with van der Waals surface area (Å²) in [7, 11) is -4.04. The number of anilines is 2. The maximum absolute atomic E-state index is 13.4. The van der Waals surface area contributed by atoms with Gasteiger partial charge < -0.3 is 44.6 Å². The number of nitrogens with one attached hydrogen (secondary N) is 3. The number of nitrogens with zero attached hydrogens (tertiary/aromatic N) is 4. The van der Waals surface area contributed by atoms with E-state index in [1.165, 1.54) is 6.33 Å². The number of fused-ring (bicyclic) bond motifs is 2. The van der Waals surface area contributed by atoms with E-state index in [-0.39, 0.29) is 19.2 Å². The largest absolute Gasteiger partial charge is 0.465 e. The topological polar surface area (TPSA) is 234 Å². The first-order valence-electron chi connectivity index (χ1n) is 13.4. The molecule has 2 aromatic heterocycles. The smallest absolute Gasteiger partial charge is 0.341 e. The molecule has 3 fully saturated rings. The van der Waals surface area contributed by atoms with Crippen molar-refractivity contribution in [3.63, 3.8) is 0 Å². The molecule has 5 unspecified atom stereocenters. The first-order chi connectivity index (χ1) is 19.5. The predicted octanol–water partition coefficient (Wildman–Crippen LogP) is -0.783. The van der Waals surface area contributed by atoms with Crippen LogP contribution in [0.1, 0.15) is 39.7 Å². The zero-order valence-corrected chi connectivity index (χ0v) is 23.8. The van der Waals surface area contributed by atoms with Crippen LogP contribution in [0.3, 0.4) is 0 Å². The SMILES string of the molecule is CCOC(=O)CNP(=O)(NCC(=O)OCC)OCC1OC2(C)C(n3cnc4c(NC5CC5)nc(N)nc43)C2(O)C1O. The van der Waals surface area contributed by atoms with Crippen molar-refractivity contribution in [1.29, 1.82) is 0 Å². The van der Waals surface area contributed by atoms with Crippen LogP contribution in [0.25, 0.3) is 11.2 Å². The summed E-state index contributed by atoms with van der Waals surface area (Å²) in [6, 6.07) is -0.481. The highest BCUT2D eigenvalue weighted by molar-refractivity contribution is 7.54. The fourth-order valence-electron chi connectivity index (χ4n) is 5.19. The van der Waals surface area contributed by atoms with Gasteiger partial charge >= 0.3 is 19.6 Å². The molecule has 5 atom stereocenters. The van der Waals surface area contributed by atoms with Gasteiger partial charge in [-0.1, -0.05) is 0 Å². The number of aliphatic hydroxyl groups excluding tert-OH is 1. The Hall–Kier alpha value is -2.92. The van der Waals surface area contributed by atoms with Crippen LogP contribution in [0.5, 0.6) is 0 Å². The number of rotatable bonds is 14. The summed E-state index contributed by atoms with van der Waals surface area (Å²) >= 11 is 0. The summed E-state index contributed by atoms with van der Waals surface area (Å²) in [5, 5.41) is 30.8. The molecule has 1 aliphatic heterocycles. The lowest BCUT2D eigenvalue weighted by molar-refractivity contribution is -0.142. The van der Waals surface area contributed by atoms with Gasteiger partial charge in [0.05, 0.1) is 26.1 Å². The summed E-state index contributed by atoms with van der Waals surface area (Å²) < 4.78 is 36.2. The number of imidazole rings is 1. The number of esters is 2. The van der Waals surface area contributed by atoms with Crippen molar-refractivity contribution in [2.45, 2.75) is 69.1 Å². The molecule has 3 aliphatic rings. The average Bonchev–Trinajstić information content (AvgIpc) is 3.75. The lowest BCUT2D eigenvalue weighted by atomic mass is 10.1. The van der Waals surface area contributed by atoms with Crippen LogP contribution in [-0.2, 0) is 32.9 Å². The maximum Gasteiger partial charge on any atom is 0.341 e. The molecule has 2 saturated carbocycles. The molecule has 3 heterocycles. The quantitative estimate of drug-likeness (QED) is 0.116. The first kappa shape index (κ1) is 29.6. The summed E-state index contributed by atoms with van der Waals surface area (Å²) in [5.74, 6) is -0.861. The van der Waals surface area contributed by atoms with Crippen LogP contribution < -0.4 is 21.2 Å². The fraction of sp³-hybridized carbons (Fsp3) is 0.696. The van der Waals surface area contributed by atoms with Gasteiger partial charge in [0.15, 0.2) is 17.0 Å². The van der Waals surface area contributed by atoms with Gasteiger partial charge in [0.2, 0.25) is 5.95 Å². The lowest BCUT2D eigenvalue weighted by Gasteiger charge is -2.26. The normalized spacial score (nSPS) is 28.9. The molecule has 226 valence electrons. The number of aliphatic hydroxyl groups is 2. The average molecular weight is 599 g/mol. The van der Waals surface area contributed by atoms with Gasteiger partial charge in [-0.05, 0) is 33.6 Å². The molecule has 0 spiro atoms. The van der Waals surface area contributed by atoms with Crippen LogP contribution in [0.4, 0.5) is 11.8 Å². The molecule has 0 aromatic carbocycles. The molecular formula is C23H35N8O9P. The van der Waals surface area contributed by atoms with E-state index < -0.39 is 68.8 Å². The Kier molecular flexibility index (Phi) is 7.97. The van der Waals surface area contributed by atoms with Crippen molar-refractivity contribution in [3.05, 3.63) is 6.33 Å². The third-order valence-corrected chi connectivity index (χ3v) is 9.04. The molecule has 18 heteroatoms. The summed E-state index contributed by atoms with van der Waals surface area (Å²) in [4.78, 5) is 36.6. The van der Waals surface area contributed by atoms with Crippen molar-refractivity contribution in [2.24, 2.45) is 0 Å². The second-order valence-electron chi connectivity index (χ2n) is 10.2. The molecule has 0 amide bonds. The van der Waals surface area contributed by atoms with Crippen molar-refractivity contribution in [3.8, 4) is 0 Å². The number of carbonyl (C=O) groups excluding carboxylic acids is 2. The fourth-order valence-corrected chi connectivity index (χ4v) is 6.51. The van der Waals surface area contributed by atoms with Crippen molar-refractivity contribution in [1.82, 2.24) is 29.7 Å². The molecular weight excluding hydrogens is 563 g/mol. The zero-order chi connectivity index (χ0) is 29.6. The summed E-state index contributed by atoms with van der Waals surface area (Å²) in [6.07, 6.45) is 0.934. The molecule has 0 bridgehead atoms. The Morgan fingerprint density at radius 1 is 1.20 bits per heavy atom. The number of nitrogen functional groups attached to an aromatic ring is 1. The van der Waals surface area contributed by atoms with E-state index in [0.717, 1.165) is 12.8 Å². The Balaban J connectivity index is 1.28. The van der Waals surface area contributed by atoms with Crippen molar-refractivity contribution >= 4 is 42.5 Å². The molecule has 0 radical (unpaired) electrons. The number of hydrogen-bond donors (Lipinski definition) is 6. The highest BCUT2D eigenvalue weighted by Crippen LogP contribution is 2.68. The minimum Gasteiger partial charge on any atom is -0.465 e. The van der Waals surface area contributed by atoms with Crippen LogP contribution in [0.15, 0.2) is 6.33 Å². The number of ether oxygens (including phenoxy) is 3. The van der Waals surface area contributed by atoms with Gasteiger partial charge in [-0.25, -0.2) is 15.2 Å². The minimum atomic E-state index is -4.04. The Morgan fingerprint density at radius 3 is 2.37 bits per heavy atom. The number of nitrogens with two attached hydrogens (primary N) is 1. The van der Waals surface area contributed by atoms with E-state index in [9.17, 15) is 24.4 Å². The van der Waals surface area contributed by atoms with E-state index in [1.54, 1.807) is 25.3 Å². The second kappa shape index (κ2) is 11.1. The first-order valence-corrected chi connectivity index (χ1v) is 15.0. The zero-order valence-electron chi connectivity index (χ0n) is 22.9. The van der Waals surface area contributed by atoms with E-state index in [4.69, 9.17) is 24.5 Å². The summed E-state index contributed by atoms with van der Waals surface area (Å²) in [5.41, 5.74) is 3.74. The standard InChI is InChI=1S/C23H35N8O9P/c1-4-37-14(32)8-26-41(36,27-9-15(33)38-5-2)39-10-13-17(34)23(35)20(22(23,3)40-13)31-11-25-16-18(28-12-6-7-12)29-21(24)30-19(16)31/h11-13,17,20,34-35H,4-10H2,1-3H3,(H2,26,27,36)(H3,24,28,29,30). The number of hydrogen-bond acceptors (Lipinski definition) is 14. The van der Waals surface area contributed by atoms with Crippen molar-refractivity contribution < 1.29 is 43.1 Å². The van der Waals surface area contributed by atoms with Gasteiger partial charge in [0.1, 0.15) is 42.5 Å². The maximum atomic E-state index is 13.4. The predicted molar refractivity (Wildman–Crippen MR) is 142 cm³/mol. The van der Waals surface area contributed by atoms with Crippen LogP contribution >= 0.6 is 7.67 Å². The molecule has 17 nitrogen and oxygen atoms in total. The third kappa shape index (κ3) is 5.50. The highest BCUT2D eigenvalue weighted by atomic mass is 31.2. The molecule has 41 heavy (non-hydrogen) atoms. The number of carbonyl (C=O) groups is 2. The van der Waals surface area contributed by atoms with Crippen LogP contribution in [0, 0.1) is 0 Å². The third-order valence-electron chi connectivity index (χ3n) is 7.38. The summed E-state index contributed by atoms with van der Waals surface area (Å²) in [6.45, 7) is 3.69. The van der Waals surface area contributed by atoms with Gasteiger partial charge in [-0.3, -0.25) is 14.2 Å². The van der Waals surface area contributed by atoms with Crippen molar-refractivity contribution in [2.75, 3.05) is 44.0 Å².